The van der Waals surface area contributed by atoms with Crippen molar-refractivity contribution in [2.45, 2.75) is 38.1 Å². The van der Waals surface area contributed by atoms with Crippen LogP contribution in [0, 0.1) is 0 Å². The lowest BCUT2D eigenvalue weighted by molar-refractivity contribution is -0.132. The first-order valence-electron chi connectivity index (χ1n) is 9.44. The van der Waals surface area contributed by atoms with E-state index in [0.717, 1.165) is 30.7 Å². The van der Waals surface area contributed by atoms with Crippen molar-refractivity contribution >= 4 is 17.2 Å². The van der Waals surface area contributed by atoms with Crippen LogP contribution in [0.5, 0.6) is 0 Å². The number of carbonyl (C=O) groups is 1. The molecule has 1 aliphatic rings. The SMILES string of the molecule is O=C(CCCn1cncn1)N1CCCC(c2nc(-c3cccs3)cc(=O)[nH]2)C1. The Balaban J connectivity index is 1.40. The fourth-order valence-electron chi connectivity index (χ4n) is 3.55. The van der Waals surface area contributed by atoms with Crippen LogP contribution < -0.4 is 5.56 Å². The summed E-state index contributed by atoms with van der Waals surface area (Å²) in [6, 6.07) is 5.44. The largest absolute Gasteiger partial charge is 0.342 e. The van der Waals surface area contributed by atoms with Crippen LogP contribution in [0.4, 0.5) is 0 Å². The molecule has 4 heterocycles. The Labute approximate surface area is 166 Å². The molecule has 1 unspecified atom stereocenters. The van der Waals surface area contributed by atoms with Crippen molar-refractivity contribution < 1.29 is 4.79 Å². The number of likely N-dealkylation sites (tertiary alicyclic amines) is 1. The molecule has 3 aromatic rings. The molecule has 1 N–H and O–H groups in total. The van der Waals surface area contributed by atoms with Gasteiger partial charge in [0.05, 0.1) is 10.6 Å². The molecule has 1 atom stereocenters. The highest BCUT2D eigenvalue weighted by Gasteiger charge is 2.26. The van der Waals surface area contributed by atoms with Gasteiger partial charge in [-0.15, -0.1) is 11.3 Å². The summed E-state index contributed by atoms with van der Waals surface area (Å²) in [6.45, 7) is 2.03. The molecule has 1 aliphatic heterocycles. The van der Waals surface area contributed by atoms with Crippen LogP contribution in [0.1, 0.15) is 37.4 Å². The highest BCUT2D eigenvalue weighted by molar-refractivity contribution is 7.13. The minimum absolute atomic E-state index is 0.0561. The first-order valence-corrected chi connectivity index (χ1v) is 10.3. The van der Waals surface area contributed by atoms with Gasteiger partial charge in [0.1, 0.15) is 18.5 Å². The monoisotopic (exact) mass is 398 g/mol. The van der Waals surface area contributed by atoms with Gasteiger partial charge in [-0.1, -0.05) is 6.07 Å². The maximum Gasteiger partial charge on any atom is 0.251 e. The molecule has 1 amide bonds. The van der Waals surface area contributed by atoms with E-state index in [1.54, 1.807) is 22.3 Å². The maximum atomic E-state index is 12.6. The third kappa shape index (κ3) is 4.36. The normalized spacial score (nSPS) is 17.0. The summed E-state index contributed by atoms with van der Waals surface area (Å²) < 4.78 is 1.73. The Morgan fingerprint density at radius 1 is 1.39 bits per heavy atom. The molecule has 0 saturated carbocycles. The van der Waals surface area contributed by atoms with Gasteiger partial charge in [-0.25, -0.2) is 9.97 Å². The molecule has 4 rings (SSSR count). The van der Waals surface area contributed by atoms with Crippen molar-refractivity contribution in [2.24, 2.45) is 0 Å². The number of rotatable bonds is 6. The molecule has 0 spiro atoms. The number of carbonyl (C=O) groups excluding carboxylic acids is 1. The van der Waals surface area contributed by atoms with Gasteiger partial charge in [0.15, 0.2) is 0 Å². The van der Waals surface area contributed by atoms with Crippen molar-refractivity contribution in [1.29, 1.82) is 0 Å². The van der Waals surface area contributed by atoms with Crippen LogP contribution in [0.15, 0.2) is 41.0 Å². The molecule has 0 aromatic carbocycles. The lowest BCUT2D eigenvalue weighted by atomic mass is 9.96. The summed E-state index contributed by atoms with van der Waals surface area (Å²) in [4.78, 5) is 39.1. The van der Waals surface area contributed by atoms with Gasteiger partial charge in [0, 0.05) is 38.0 Å². The lowest BCUT2D eigenvalue weighted by Crippen LogP contribution is -2.39. The molecule has 8 nitrogen and oxygen atoms in total. The molecule has 3 aromatic heterocycles. The predicted octanol–water partition coefficient (Wildman–Crippen LogP) is 2.28. The zero-order valence-electron chi connectivity index (χ0n) is 15.5. The van der Waals surface area contributed by atoms with Gasteiger partial charge in [0.2, 0.25) is 5.91 Å². The molecule has 0 aliphatic carbocycles. The molecule has 146 valence electrons. The minimum atomic E-state index is -0.148. The van der Waals surface area contributed by atoms with E-state index in [-0.39, 0.29) is 17.4 Å². The van der Waals surface area contributed by atoms with E-state index in [0.29, 0.717) is 31.0 Å². The molecule has 28 heavy (non-hydrogen) atoms. The van der Waals surface area contributed by atoms with Crippen LogP contribution in [0.25, 0.3) is 10.6 Å². The van der Waals surface area contributed by atoms with E-state index in [1.165, 1.54) is 12.4 Å². The summed E-state index contributed by atoms with van der Waals surface area (Å²) in [5.41, 5.74) is 0.551. The van der Waals surface area contributed by atoms with Crippen molar-refractivity contribution in [1.82, 2.24) is 29.6 Å². The second kappa shape index (κ2) is 8.47. The number of nitrogens with one attached hydrogen (secondary N) is 1. The van der Waals surface area contributed by atoms with E-state index in [2.05, 4.69) is 20.1 Å². The van der Waals surface area contributed by atoms with Crippen LogP contribution >= 0.6 is 11.3 Å². The highest BCUT2D eigenvalue weighted by atomic mass is 32.1. The Morgan fingerprint density at radius 3 is 3.11 bits per heavy atom. The number of thiophene rings is 1. The van der Waals surface area contributed by atoms with Gasteiger partial charge >= 0.3 is 0 Å². The number of aromatic amines is 1. The first kappa shape index (κ1) is 18.5. The standard InChI is InChI=1S/C19H22N6O2S/c26-17-10-15(16-5-3-9-28-16)22-19(23-17)14-4-1-7-24(11-14)18(27)6-2-8-25-13-20-12-21-25/h3,5,9-10,12-14H,1-2,4,6-8,11H2,(H,22,23,26). The number of aromatic nitrogens is 5. The summed E-state index contributed by atoms with van der Waals surface area (Å²) in [7, 11) is 0. The smallest absolute Gasteiger partial charge is 0.251 e. The van der Waals surface area contributed by atoms with Crippen LogP contribution in [0.2, 0.25) is 0 Å². The molecule has 9 heteroatoms. The predicted molar refractivity (Wildman–Crippen MR) is 106 cm³/mol. The summed E-state index contributed by atoms with van der Waals surface area (Å²) in [5, 5.41) is 6.02. The van der Waals surface area contributed by atoms with Crippen molar-refractivity contribution in [3.8, 4) is 10.6 Å². The van der Waals surface area contributed by atoms with E-state index >= 15 is 0 Å². The van der Waals surface area contributed by atoms with Crippen molar-refractivity contribution in [3.05, 3.63) is 52.4 Å². The summed E-state index contributed by atoms with van der Waals surface area (Å²) in [5.74, 6) is 0.873. The van der Waals surface area contributed by atoms with E-state index in [4.69, 9.17) is 0 Å². The molecule has 1 saturated heterocycles. The number of nitrogens with zero attached hydrogens (tertiary/aromatic N) is 5. The molecule has 0 radical (unpaired) electrons. The van der Waals surface area contributed by atoms with Gasteiger partial charge in [-0.05, 0) is 30.7 Å². The van der Waals surface area contributed by atoms with E-state index < -0.39 is 0 Å². The van der Waals surface area contributed by atoms with Gasteiger partial charge in [-0.2, -0.15) is 5.10 Å². The third-order valence-corrected chi connectivity index (χ3v) is 5.83. The Bertz CT molecular complexity index is 967. The number of hydrogen-bond acceptors (Lipinski definition) is 6. The first-order chi connectivity index (χ1) is 13.7. The maximum absolute atomic E-state index is 12.6. The van der Waals surface area contributed by atoms with Gasteiger partial charge < -0.3 is 9.88 Å². The second-order valence-electron chi connectivity index (χ2n) is 6.93. The lowest BCUT2D eigenvalue weighted by Gasteiger charge is -2.32. The van der Waals surface area contributed by atoms with E-state index in [9.17, 15) is 9.59 Å². The minimum Gasteiger partial charge on any atom is -0.342 e. The number of amides is 1. The number of piperidine rings is 1. The molecule has 1 fully saturated rings. The average molecular weight is 398 g/mol. The zero-order valence-corrected chi connectivity index (χ0v) is 16.3. The Kier molecular flexibility index (Phi) is 5.61. The number of hydrogen-bond donors (Lipinski definition) is 1. The number of aryl methyl sites for hydroxylation is 1. The topological polar surface area (TPSA) is 96.8 Å². The molecule has 0 bridgehead atoms. The highest BCUT2D eigenvalue weighted by Crippen LogP contribution is 2.27. The second-order valence-corrected chi connectivity index (χ2v) is 7.88. The molecular weight excluding hydrogens is 376 g/mol. The van der Waals surface area contributed by atoms with Crippen LogP contribution in [-0.2, 0) is 11.3 Å². The van der Waals surface area contributed by atoms with Gasteiger partial charge in [0.25, 0.3) is 5.56 Å². The zero-order chi connectivity index (χ0) is 19.3. The number of H-pyrrole nitrogens is 1. The third-order valence-electron chi connectivity index (χ3n) is 4.94. The van der Waals surface area contributed by atoms with E-state index in [1.807, 2.05) is 22.4 Å². The average Bonchev–Trinajstić information content (AvgIpc) is 3.42. The molecular formula is C19H22N6O2S. The van der Waals surface area contributed by atoms with Crippen LogP contribution in [-0.4, -0.2) is 48.6 Å². The fourth-order valence-corrected chi connectivity index (χ4v) is 4.23. The van der Waals surface area contributed by atoms with Crippen molar-refractivity contribution in [2.75, 3.05) is 13.1 Å². The Hall–Kier alpha value is -2.81. The Morgan fingerprint density at radius 2 is 2.32 bits per heavy atom. The van der Waals surface area contributed by atoms with Crippen LogP contribution in [0.3, 0.4) is 0 Å². The van der Waals surface area contributed by atoms with Crippen molar-refractivity contribution in [3.63, 3.8) is 0 Å². The summed E-state index contributed by atoms with van der Waals surface area (Å²) >= 11 is 1.56. The fraction of sp³-hybridized carbons (Fsp3) is 0.421. The van der Waals surface area contributed by atoms with Gasteiger partial charge in [-0.3, -0.25) is 14.3 Å². The quantitative estimate of drug-likeness (QED) is 0.687. The summed E-state index contributed by atoms with van der Waals surface area (Å²) in [6.07, 6.45) is 6.18.